The van der Waals surface area contributed by atoms with Gasteiger partial charge in [-0.3, -0.25) is 4.79 Å². The number of hydrogen-bond donors (Lipinski definition) is 1. The van der Waals surface area contributed by atoms with Crippen molar-refractivity contribution in [3.8, 4) is 0 Å². The number of nitrogens with one attached hydrogen (secondary N) is 1. The molecule has 0 bridgehead atoms. The van der Waals surface area contributed by atoms with Crippen molar-refractivity contribution in [3.63, 3.8) is 0 Å². The van der Waals surface area contributed by atoms with Gasteiger partial charge in [0, 0.05) is 24.3 Å². The van der Waals surface area contributed by atoms with Crippen molar-refractivity contribution in [3.05, 3.63) is 65.7 Å². The molecule has 1 N–H and O–H groups in total. The molecule has 0 radical (unpaired) electrons. The van der Waals surface area contributed by atoms with Gasteiger partial charge in [-0.05, 0) is 49.1 Å². The predicted octanol–water partition coefficient (Wildman–Crippen LogP) is 3.01. The topological polar surface area (TPSA) is 66.5 Å². The van der Waals surface area contributed by atoms with Gasteiger partial charge in [-0.25, -0.2) is 8.42 Å². The van der Waals surface area contributed by atoms with Crippen LogP contribution >= 0.6 is 0 Å². The number of amides is 1. The van der Waals surface area contributed by atoms with Crippen LogP contribution in [0.1, 0.15) is 35.2 Å². The van der Waals surface area contributed by atoms with E-state index >= 15 is 0 Å². The third-order valence-corrected chi connectivity index (χ3v) is 7.82. The molecule has 130 valence electrons. The number of para-hydroxylation sites is 1. The summed E-state index contributed by atoms with van der Waals surface area (Å²) in [6, 6.07) is 16.4. The van der Waals surface area contributed by atoms with Crippen molar-refractivity contribution < 1.29 is 13.2 Å². The Labute approximate surface area is 147 Å². The summed E-state index contributed by atoms with van der Waals surface area (Å²) in [5.41, 5.74) is 2.20. The van der Waals surface area contributed by atoms with Crippen LogP contribution in [0.15, 0.2) is 54.6 Å². The Morgan fingerprint density at radius 2 is 1.68 bits per heavy atom. The zero-order valence-corrected chi connectivity index (χ0v) is 14.6. The van der Waals surface area contributed by atoms with E-state index in [1.807, 2.05) is 42.5 Å². The van der Waals surface area contributed by atoms with Crippen molar-refractivity contribution in [2.45, 2.75) is 30.6 Å². The maximum absolute atomic E-state index is 12.5. The van der Waals surface area contributed by atoms with Crippen LogP contribution in [0.2, 0.25) is 0 Å². The summed E-state index contributed by atoms with van der Waals surface area (Å²) in [4.78, 5) is 12.2. The van der Waals surface area contributed by atoms with E-state index in [1.165, 1.54) is 0 Å². The highest BCUT2D eigenvalue weighted by atomic mass is 32.2. The molecule has 5 nitrogen and oxygen atoms in total. The first kappa shape index (κ1) is 16.3. The second-order valence-corrected chi connectivity index (χ2v) is 9.12. The van der Waals surface area contributed by atoms with E-state index in [0.717, 1.165) is 30.5 Å². The molecule has 2 aromatic carbocycles. The van der Waals surface area contributed by atoms with Gasteiger partial charge < -0.3 is 5.32 Å². The fourth-order valence-corrected chi connectivity index (χ4v) is 5.52. The lowest BCUT2D eigenvalue weighted by molar-refractivity contribution is 0.102. The van der Waals surface area contributed by atoms with E-state index in [-0.39, 0.29) is 5.91 Å². The Kier molecular flexibility index (Phi) is 3.89. The fourth-order valence-electron chi connectivity index (χ4n) is 3.35. The van der Waals surface area contributed by atoms with Crippen molar-refractivity contribution in [1.29, 1.82) is 0 Å². The first-order chi connectivity index (χ1) is 12.0. The first-order valence-corrected chi connectivity index (χ1v) is 9.89. The van der Waals surface area contributed by atoms with Crippen molar-refractivity contribution in [1.82, 2.24) is 4.31 Å². The molecular weight excluding hydrogens is 336 g/mol. The molecule has 1 saturated carbocycles. The Bertz CT molecular complexity index is 888. The zero-order valence-electron chi connectivity index (χ0n) is 13.8. The van der Waals surface area contributed by atoms with Gasteiger partial charge in [0.15, 0.2) is 0 Å². The molecule has 2 aliphatic rings. The predicted molar refractivity (Wildman–Crippen MR) is 96.7 cm³/mol. The highest BCUT2D eigenvalue weighted by Crippen LogP contribution is 2.52. The second-order valence-electron chi connectivity index (χ2n) is 6.79. The van der Waals surface area contributed by atoms with Gasteiger partial charge in [-0.15, -0.1) is 0 Å². The van der Waals surface area contributed by atoms with Crippen LogP contribution in [0, 0.1) is 0 Å². The van der Waals surface area contributed by atoms with E-state index in [9.17, 15) is 13.2 Å². The molecule has 1 aliphatic carbocycles. The van der Waals surface area contributed by atoms with Gasteiger partial charge in [0.25, 0.3) is 5.91 Å². The molecule has 4 rings (SSSR count). The fraction of sp³-hybridized carbons (Fsp3) is 0.316. The van der Waals surface area contributed by atoms with E-state index in [1.54, 1.807) is 16.4 Å². The maximum atomic E-state index is 12.5. The van der Waals surface area contributed by atoms with Crippen LogP contribution in [0.4, 0.5) is 5.69 Å². The minimum Gasteiger partial charge on any atom is -0.322 e. The zero-order chi connectivity index (χ0) is 17.5. The van der Waals surface area contributed by atoms with Crippen molar-refractivity contribution >= 4 is 21.6 Å². The molecule has 1 spiro atoms. The monoisotopic (exact) mass is 356 g/mol. The summed E-state index contributed by atoms with van der Waals surface area (Å²) >= 11 is 0. The largest absolute Gasteiger partial charge is 0.322 e. The SMILES string of the molecule is O=C(Nc1ccccc1)c1ccc(CN2CCC3(CC3)S2(=O)=O)cc1. The molecule has 2 aromatic rings. The van der Waals surface area contributed by atoms with Crippen LogP contribution in [0.5, 0.6) is 0 Å². The van der Waals surface area contributed by atoms with E-state index < -0.39 is 14.8 Å². The van der Waals surface area contributed by atoms with Crippen molar-refractivity contribution in [2.24, 2.45) is 0 Å². The highest BCUT2D eigenvalue weighted by molar-refractivity contribution is 7.91. The average molecular weight is 356 g/mol. The minimum absolute atomic E-state index is 0.177. The summed E-state index contributed by atoms with van der Waals surface area (Å²) < 4.78 is 26.2. The third kappa shape index (κ3) is 2.96. The van der Waals surface area contributed by atoms with E-state index in [0.29, 0.717) is 18.7 Å². The van der Waals surface area contributed by atoms with Crippen LogP contribution in [-0.4, -0.2) is 29.9 Å². The molecule has 0 atom stereocenters. The lowest BCUT2D eigenvalue weighted by Crippen LogP contribution is -2.30. The molecule has 1 aliphatic heterocycles. The summed E-state index contributed by atoms with van der Waals surface area (Å²) in [6.07, 6.45) is 2.34. The summed E-state index contributed by atoms with van der Waals surface area (Å²) in [5.74, 6) is -0.177. The van der Waals surface area contributed by atoms with Crippen LogP contribution in [0.3, 0.4) is 0 Å². The maximum Gasteiger partial charge on any atom is 0.255 e. The Morgan fingerprint density at radius 1 is 1.00 bits per heavy atom. The molecule has 0 unspecified atom stereocenters. The van der Waals surface area contributed by atoms with Gasteiger partial charge in [-0.2, -0.15) is 4.31 Å². The molecule has 1 saturated heterocycles. The molecule has 1 amide bonds. The van der Waals surface area contributed by atoms with Gasteiger partial charge in [-0.1, -0.05) is 30.3 Å². The average Bonchev–Trinajstić information content (AvgIpc) is 3.37. The van der Waals surface area contributed by atoms with Gasteiger partial charge in [0.1, 0.15) is 0 Å². The number of benzene rings is 2. The quantitative estimate of drug-likeness (QED) is 0.916. The molecule has 6 heteroatoms. The number of carbonyl (C=O) groups excluding carboxylic acids is 1. The highest BCUT2D eigenvalue weighted by Gasteiger charge is 2.60. The van der Waals surface area contributed by atoms with Gasteiger partial charge in [0.2, 0.25) is 10.0 Å². The van der Waals surface area contributed by atoms with Crippen LogP contribution in [0.25, 0.3) is 0 Å². The number of rotatable bonds is 4. The summed E-state index contributed by atoms with van der Waals surface area (Å²) in [6.45, 7) is 0.975. The normalized spacial score (nSPS) is 20.5. The van der Waals surface area contributed by atoms with E-state index in [2.05, 4.69) is 5.32 Å². The molecule has 1 heterocycles. The van der Waals surface area contributed by atoms with Gasteiger partial charge >= 0.3 is 0 Å². The lowest BCUT2D eigenvalue weighted by atomic mass is 10.1. The second kappa shape index (κ2) is 5.97. The number of nitrogens with zero attached hydrogens (tertiary/aromatic N) is 1. The van der Waals surface area contributed by atoms with Gasteiger partial charge in [0.05, 0.1) is 4.75 Å². The van der Waals surface area contributed by atoms with Crippen molar-refractivity contribution in [2.75, 3.05) is 11.9 Å². The Morgan fingerprint density at radius 3 is 2.28 bits per heavy atom. The molecular formula is C19H20N2O3S. The smallest absolute Gasteiger partial charge is 0.255 e. The summed E-state index contributed by atoms with van der Waals surface area (Å²) in [7, 11) is -3.17. The number of sulfonamides is 1. The molecule has 25 heavy (non-hydrogen) atoms. The first-order valence-electron chi connectivity index (χ1n) is 8.45. The molecule has 2 fully saturated rings. The number of anilines is 1. The van der Waals surface area contributed by atoms with E-state index in [4.69, 9.17) is 0 Å². The Hall–Kier alpha value is -2.18. The standard InChI is InChI=1S/C19H20N2O3S/c22-18(20-17-4-2-1-3-5-17)16-8-6-15(7-9-16)14-21-13-12-19(10-11-19)25(21,23)24/h1-9H,10-14H2,(H,20,22). The van der Waals surface area contributed by atoms with Crippen LogP contribution < -0.4 is 5.32 Å². The summed E-state index contributed by atoms with van der Waals surface area (Å²) in [5, 5.41) is 2.84. The number of hydrogen-bond acceptors (Lipinski definition) is 3. The third-order valence-electron chi connectivity index (χ3n) is 5.12. The molecule has 0 aromatic heterocycles. The lowest BCUT2D eigenvalue weighted by Gasteiger charge is -2.16. The van der Waals surface area contributed by atoms with Crippen LogP contribution in [-0.2, 0) is 16.6 Å². The number of carbonyl (C=O) groups is 1. The minimum atomic E-state index is -3.17. The Balaban J connectivity index is 1.43.